The maximum atomic E-state index is 5.98. The third-order valence-electron chi connectivity index (χ3n) is 4.91. The van der Waals surface area contributed by atoms with Crippen molar-refractivity contribution in [2.45, 2.75) is 25.8 Å². The summed E-state index contributed by atoms with van der Waals surface area (Å²) in [5, 5.41) is 6.72. The Hall–Kier alpha value is -3.02. The summed E-state index contributed by atoms with van der Waals surface area (Å²) in [5.74, 6) is 3.45. The quantitative estimate of drug-likeness (QED) is 0.416. The Morgan fingerprint density at radius 2 is 1.96 bits per heavy atom. The number of benzene rings is 2. The number of hydrogen-bond acceptors (Lipinski definition) is 3. The van der Waals surface area contributed by atoms with Crippen molar-refractivity contribution in [1.82, 2.24) is 20.6 Å². The van der Waals surface area contributed by atoms with Gasteiger partial charge < -0.3 is 20.4 Å². The van der Waals surface area contributed by atoms with E-state index in [4.69, 9.17) is 4.74 Å². The zero-order valence-corrected chi connectivity index (χ0v) is 16.2. The van der Waals surface area contributed by atoms with Gasteiger partial charge in [0.15, 0.2) is 5.96 Å². The highest BCUT2D eigenvalue weighted by Gasteiger charge is 2.22. The third kappa shape index (κ3) is 4.82. The molecule has 3 aromatic rings. The Kier molecular flexibility index (Phi) is 5.75. The first-order valence-corrected chi connectivity index (χ1v) is 9.90. The van der Waals surface area contributed by atoms with Crippen LogP contribution >= 0.6 is 0 Å². The van der Waals surface area contributed by atoms with Crippen molar-refractivity contribution in [3.05, 3.63) is 59.9 Å². The Morgan fingerprint density at radius 1 is 1.14 bits per heavy atom. The summed E-state index contributed by atoms with van der Waals surface area (Å²) in [4.78, 5) is 12.3. The summed E-state index contributed by atoms with van der Waals surface area (Å²) in [6.45, 7) is 2.24. The van der Waals surface area contributed by atoms with Crippen LogP contribution in [-0.4, -0.2) is 36.1 Å². The molecule has 3 N–H and O–H groups in total. The number of rotatable bonds is 8. The van der Waals surface area contributed by atoms with Gasteiger partial charge in [-0.3, -0.25) is 4.99 Å². The average molecular weight is 377 g/mol. The van der Waals surface area contributed by atoms with Crippen LogP contribution in [0.4, 0.5) is 0 Å². The monoisotopic (exact) mass is 377 g/mol. The van der Waals surface area contributed by atoms with Crippen molar-refractivity contribution in [2.75, 3.05) is 20.2 Å². The van der Waals surface area contributed by atoms with Crippen molar-refractivity contribution in [2.24, 2.45) is 10.9 Å². The standard InChI is InChI=1S/C22H27N5O/c1-23-22(24-13-12-21-26-18-7-3-4-8-19(18)27-21)25-14-17-6-2-5-9-20(17)28-15-16-10-11-16/h2-9,16H,10-15H2,1H3,(H,26,27)(H2,23,24,25). The fourth-order valence-electron chi connectivity index (χ4n) is 3.11. The number of aromatic amines is 1. The van der Waals surface area contributed by atoms with E-state index >= 15 is 0 Å². The molecule has 6 heteroatoms. The van der Waals surface area contributed by atoms with Gasteiger partial charge in [0.2, 0.25) is 0 Å². The van der Waals surface area contributed by atoms with Crippen molar-refractivity contribution in [1.29, 1.82) is 0 Å². The molecule has 0 atom stereocenters. The Morgan fingerprint density at radius 3 is 2.79 bits per heavy atom. The fraction of sp³-hybridized carbons (Fsp3) is 0.364. The van der Waals surface area contributed by atoms with E-state index in [0.717, 1.165) is 59.6 Å². The molecule has 0 amide bonds. The van der Waals surface area contributed by atoms with Gasteiger partial charge in [-0.25, -0.2) is 4.98 Å². The molecule has 0 bridgehead atoms. The molecule has 146 valence electrons. The van der Waals surface area contributed by atoms with E-state index in [1.807, 2.05) is 42.5 Å². The minimum atomic E-state index is 0.672. The summed E-state index contributed by atoms with van der Waals surface area (Å²) in [5.41, 5.74) is 3.22. The van der Waals surface area contributed by atoms with Crippen molar-refractivity contribution >= 4 is 17.0 Å². The Bertz CT molecular complexity index is 912. The number of aromatic nitrogens is 2. The minimum absolute atomic E-state index is 0.672. The van der Waals surface area contributed by atoms with E-state index < -0.39 is 0 Å². The smallest absolute Gasteiger partial charge is 0.191 e. The lowest BCUT2D eigenvalue weighted by atomic mass is 10.2. The van der Waals surface area contributed by atoms with Crippen molar-refractivity contribution in [3.8, 4) is 5.75 Å². The number of ether oxygens (including phenoxy) is 1. The van der Waals surface area contributed by atoms with E-state index in [1.165, 1.54) is 12.8 Å². The summed E-state index contributed by atoms with van der Waals surface area (Å²) >= 11 is 0. The highest BCUT2D eigenvalue weighted by Crippen LogP contribution is 2.30. The van der Waals surface area contributed by atoms with Gasteiger partial charge in [0.1, 0.15) is 11.6 Å². The van der Waals surface area contributed by atoms with E-state index in [1.54, 1.807) is 7.05 Å². The molecule has 1 heterocycles. The zero-order valence-electron chi connectivity index (χ0n) is 16.2. The molecule has 1 aliphatic carbocycles. The van der Waals surface area contributed by atoms with Crippen LogP contribution in [-0.2, 0) is 13.0 Å². The largest absolute Gasteiger partial charge is 0.493 e. The summed E-state index contributed by atoms with van der Waals surface area (Å²) in [7, 11) is 1.78. The average Bonchev–Trinajstić information content (AvgIpc) is 3.47. The number of nitrogens with one attached hydrogen (secondary N) is 3. The van der Waals surface area contributed by atoms with E-state index in [2.05, 4.69) is 31.7 Å². The van der Waals surface area contributed by atoms with Crippen LogP contribution in [0.15, 0.2) is 53.5 Å². The number of guanidine groups is 1. The topological polar surface area (TPSA) is 74.3 Å². The van der Waals surface area contributed by atoms with Crippen LogP contribution in [0.25, 0.3) is 11.0 Å². The van der Waals surface area contributed by atoms with Crippen LogP contribution in [0.3, 0.4) is 0 Å². The van der Waals surface area contributed by atoms with E-state index in [9.17, 15) is 0 Å². The second-order valence-electron chi connectivity index (χ2n) is 7.17. The number of imidazole rings is 1. The lowest BCUT2D eigenvalue weighted by molar-refractivity contribution is 0.296. The van der Waals surface area contributed by atoms with Gasteiger partial charge in [-0.1, -0.05) is 30.3 Å². The van der Waals surface area contributed by atoms with Gasteiger partial charge in [0.25, 0.3) is 0 Å². The predicted molar refractivity (Wildman–Crippen MR) is 113 cm³/mol. The van der Waals surface area contributed by atoms with E-state index in [-0.39, 0.29) is 0 Å². The molecule has 0 aliphatic heterocycles. The molecule has 0 saturated heterocycles. The molecule has 0 unspecified atom stereocenters. The number of fused-ring (bicyclic) bond motifs is 1. The van der Waals surface area contributed by atoms with Gasteiger partial charge in [0, 0.05) is 32.1 Å². The van der Waals surface area contributed by atoms with Crippen LogP contribution < -0.4 is 15.4 Å². The van der Waals surface area contributed by atoms with Gasteiger partial charge in [-0.05, 0) is 37.0 Å². The molecular formula is C22H27N5O. The van der Waals surface area contributed by atoms with Crippen LogP contribution in [0.1, 0.15) is 24.2 Å². The normalized spacial score (nSPS) is 14.2. The molecule has 1 saturated carbocycles. The number of aliphatic imine (C=N–C) groups is 1. The third-order valence-corrected chi connectivity index (χ3v) is 4.91. The number of H-pyrrole nitrogens is 1. The van der Waals surface area contributed by atoms with Crippen LogP contribution in [0.5, 0.6) is 5.75 Å². The van der Waals surface area contributed by atoms with Crippen molar-refractivity contribution in [3.63, 3.8) is 0 Å². The predicted octanol–water partition coefficient (Wildman–Crippen LogP) is 3.26. The van der Waals surface area contributed by atoms with E-state index in [0.29, 0.717) is 6.54 Å². The lowest BCUT2D eigenvalue weighted by Crippen LogP contribution is -2.38. The van der Waals surface area contributed by atoms with Crippen LogP contribution in [0, 0.1) is 5.92 Å². The minimum Gasteiger partial charge on any atom is -0.493 e. The second-order valence-corrected chi connectivity index (χ2v) is 7.17. The first-order chi connectivity index (χ1) is 13.8. The highest BCUT2D eigenvalue weighted by molar-refractivity contribution is 5.79. The summed E-state index contributed by atoms with van der Waals surface area (Å²) in [6, 6.07) is 16.3. The number of para-hydroxylation sites is 3. The second kappa shape index (κ2) is 8.78. The Balaban J connectivity index is 1.26. The molecule has 1 aliphatic rings. The van der Waals surface area contributed by atoms with Gasteiger partial charge in [0.05, 0.1) is 17.6 Å². The first kappa shape index (κ1) is 18.3. The maximum absolute atomic E-state index is 5.98. The molecule has 0 spiro atoms. The molecule has 1 fully saturated rings. The maximum Gasteiger partial charge on any atom is 0.191 e. The van der Waals surface area contributed by atoms with Gasteiger partial charge in [-0.15, -0.1) is 0 Å². The molecule has 6 nitrogen and oxygen atoms in total. The number of nitrogens with zero attached hydrogens (tertiary/aromatic N) is 2. The van der Waals surface area contributed by atoms with Gasteiger partial charge >= 0.3 is 0 Å². The van der Waals surface area contributed by atoms with Crippen LogP contribution in [0.2, 0.25) is 0 Å². The van der Waals surface area contributed by atoms with Crippen molar-refractivity contribution < 1.29 is 4.74 Å². The summed E-state index contributed by atoms with van der Waals surface area (Å²) < 4.78 is 5.98. The molecule has 4 rings (SSSR count). The van der Waals surface area contributed by atoms with Gasteiger partial charge in [-0.2, -0.15) is 0 Å². The molecule has 2 aromatic carbocycles. The molecule has 28 heavy (non-hydrogen) atoms. The molecular weight excluding hydrogens is 350 g/mol. The molecule has 0 radical (unpaired) electrons. The fourth-order valence-corrected chi connectivity index (χ4v) is 3.11. The lowest BCUT2D eigenvalue weighted by Gasteiger charge is -2.14. The first-order valence-electron chi connectivity index (χ1n) is 9.90. The SMILES string of the molecule is CN=C(NCCc1nc2ccccc2[nH]1)NCc1ccccc1OCC1CC1. The zero-order chi connectivity index (χ0) is 19.2. The highest BCUT2D eigenvalue weighted by atomic mass is 16.5. The summed E-state index contributed by atoms with van der Waals surface area (Å²) in [6.07, 6.45) is 3.39. The Labute approximate surface area is 165 Å². The number of hydrogen-bond donors (Lipinski definition) is 3. The molecule has 1 aromatic heterocycles.